The molecule has 0 aromatic carbocycles. The van der Waals surface area contributed by atoms with Crippen molar-refractivity contribution in [2.45, 2.75) is 19.8 Å². The van der Waals surface area contributed by atoms with Gasteiger partial charge in [0, 0.05) is 0 Å². The van der Waals surface area contributed by atoms with Crippen molar-refractivity contribution in [3.63, 3.8) is 0 Å². The van der Waals surface area contributed by atoms with Crippen molar-refractivity contribution in [3.8, 4) is 0 Å². The van der Waals surface area contributed by atoms with E-state index in [1.807, 2.05) is 0 Å². The lowest BCUT2D eigenvalue weighted by molar-refractivity contribution is 0.287. The molecule has 1 aliphatic carbocycles. The monoisotopic (exact) mass is 133 g/mol. The number of hydrogen-bond donors (Lipinski definition) is 1. The van der Waals surface area contributed by atoms with Crippen LogP contribution < -0.4 is 5.14 Å². The van der Waals surface area contributed by atoms with E-state index in [0.717, 1.165) is 18.8 Å². The van der Waals surface area contributed by atoms with E-state index in [4.69, 9.17) is 9.32 Å². The second-order valence-corrected chi connectivity index (χ2v) is 3.10. The maximum atomic E-state index is 5.06. The Bertz CT molecular complexity index is 82.5. The van der Waals surface area contributed by atoms with Gasteiger partial charge in [-0.25, -0.2) is 0 Å². The molecule has 0 aromatic heterocycles. The Hall–Kier alpha value is 0.270. The van der Waals surface area contributed by atoms with Crippen molar-refractivity contribution in [1.82, 2.24) is 0 Å². The largest absolute Gasteiger partial charge is 0.301 e. The number of rotatable bonds is 3. The van der Waals surface area contributed by atoms with Crippen LogP contribution in [0.15, 0.2) is 0 Å². The molecule has 0 amide bonds. The predicted octanol–water partition coefficient (Wildman–Crippen LogP) is 1.32. The molecular formula is C5H11NOS. The summed E-state index contributed by atoms with van der Waals surface area (Å²) in [4.78, 5) is 0. The highest BCUT2D eigenvalue weighted by molar-refractivity contribution is 7.92. The lowest BCUT2D eigenvalue weighted by Crippen LogP contribution is -2.02. The minimum Gasteiger partial charge on any atom is -0.301 e. The van der Waals surface area contributed by atoms with Crippen molar-refractivity contribution in [2.24, 2.45) is 10.6 Å². The molecule has 0 spiro atoms. The molecule has 0 heterocycles. The standard InChI is InChI=1S/C5H11NOS/c1-5(2-3-5)4-7-8-6/h2-4,6H2,1H3. The second kappa shape index (κ2) is 2.25. The van der Waals surface area contributed by atoms with Gasteiger partial charge in [-0.05, 0) is 18.3 Å². The van der Waals surface area contributed by atoms with Crippen LogP contribution in [0.3, 0.4) is 0 Å². The highest BCUT2D eigenvalue weighted by Crippen LogP contribution is 2.45. The van der Waals surface area contributed by atoms with Gasteiger partial charge in [-0.15, -0.1) is 0 Å². The van der Waals surface area contributed by atoms with Crippen LogP contribution in [0.5, 0.6) is 0 Å². The first-order valence-corrected chi connectivity index (χ1v) is 3.56. The van der Waals surface area contributed by atoms with Gasteiger partial charge >= 0.3 is 0 Å². The summed E-state index contributed by atoms with van der Waals surface area (Å²) < 4.78 is 4.95. The van der Waals surface area contributed by atoms with Gasteiger partial charge in [0.25, 0.3) is 0 Å². The minimum absolute atomic E-state index is 0.479. The molecule has 0 bridgehead atoms. The van der Waals surface area contributed by atoms with Gasteiger partial charge in [0.1, 0.15) is 0 Å². The topological polar surface area (TPSA) is 35.2 Å². The van der Waals surface area contributed by atoms with Gasteiger partial charge in [0.2, 0.25) is 0 Å². The van der Waals surface area contributed by atoms with Crippen molar-refractivity contribution in [1.29, 1.82) is 0 Å². The summed E-state index contributed by atoms with van der Waals surface area (Å²) in [7, 11) is 0. The smallest absolute Gasteiger partial charge is 0.0758 e. The first kappa shape index (κ1) is 6.39. The van der Waals surface area contributed by atoms with Gasteiger partial charge in [0.15, 0.2) is 0 Å². The Morgan fingerprint density at radius 3 is 2.75 bits per heavy atom. The summed E-state index contributed by atoms with van der Waals surface area (Å²) in [6.45, 7) is 3.03. The van der Waals surface area contributed by atoms with E-state index in [1.54, 1.807) is 0 Å². The summed E-state index contributed by atoms with van der Waals surface area (Å²) in [6.07, 6.45) is 2.60. The second-order valence-electron chi connectivity index (χ2n) is 2.67. The SMILES string of the molecule is CC1(COSN)CC1. The molecule has 0 saturated heterocycles. The Balaban J connectivity index is 2.01. The molecule has 0 atom stereocenters. The van der Waals surface area contributed by atoms with E-state index in [0.29, 0.717) is 5.41 Å². The van der Waals surface area contributed by atoms with Crippen LogP contribution in [-0.4, -0.2) is 6.61 Å². The third-order valence-corrected chi connectivity index (χ3v) is 1.83. The predicted molar refractivity (Wildman–Crippen MR) is 35.1 cm³/mol. The third kappa shape index (κ3) is 1.65. The highest BCUT2D eigenvalue weighted by atomic mass is 32.2. The van der Waals surface area contributed by atoms with E-state index < -0.39 is 0 Å². The summed E-state index contributed by atoms with van der Waals surface area (Å²) in [5.41, 5.74) is 0.479. The zero-order valence-electron chi connectivity index (χ0n) is 5.02. The molecule has 0 aliphatic heterocycles. The molecule has 2 nitrogen and oxygen atoms in total. The molecular weight excluding hydrogens is 122 g/mol. The fourth-order valence-electron chi connectivity index (χ4n) is 0.534. The molecule has 0 radical (unpaired) electrons. The van der Waals surface area contributed by atoms with Crippen LogP contribution >= 0.6 is 12.2 Å². The quantitative estimate of drug-likeness (QED) is 0.466. The van der Waals surface area contributed by atoms with Crippen LogP contribution in [0.2, 0.25) is 0 Å². The van der Waals surface area contributed by atoms with Crippen LogP contribution in [0, 0.1) is 5.41 Å². The molecule has 3 heteroatoms. The zero-order chi connectivity index (χ0) is 6.04. The Labute approximate surface area is 54.1 Å². The van der Waals surface area contributed by atoms with Crippen molar-refractivity contribution in [2.75, 3.05) is 6.61 Å². The van der Waals surface area contributed by atoms with Crippen LogP contribution in [0.4, 0.5) is 0 Å². The normalized spacial score (nSPS) is 23.2. The first-order chi connectivity index (χ1) is 3.77. The van der Waals surface area contributed by atoms with Gasteiger partial charge in [0.05, 0.1) is 18.8 Å². The van der Waals surface area contributed by atoms with Crippen LogP contribution in [0.25, 0.3) is 0 Å². The molecule has 1 saturated carbocycles. The van der Waals surface area contributed by atoms with Gasteiger partial charge in [-0.3, -0.25) is 5.14 Å². The lowest BCUT2D eigenvalue weighted by Gasteiger charge is -2.03. The van der Waals surface area contributed by atoms with E-state index in [-0.39, 0.29) is 0 Å². The van der Waals surface area contributed by atoms with E-state index in [9.17, 15) is 0 Å². The summed E-state index contributed by atoms with van der Waals surface area (Å²) >= 11 is 0.968. The van der Waals surface area contributed by atoms with Crippen LogP contribution in [-0.2, 0) is 4.18 Å². The van der Waals surface area contributed by atoms with Gasteiger partial charge < -0.3 is 4.18 Å². The molecule has 0 unspecified atom stereocenters. The maximum Gasteiger partial charge on any atom is 0.0758 e. The molecule has 48 valence electrons. The van der Waals surface area contributed by atoms with Crippen molar-refractivity contribution >= 4 is 12.2 Å². The average Bonchev–Trinajstić information content (AvgIpc) is 2.45. The van der Waals surface area contributed by atoms with Crippen LogP contribution in [0.1, 0.15) is 19.8 Å². The average molecular weight is 133 g/mol. The third-order valence-electron chi connectivity index (χ3n) is 1.58. The Morgan fingerprint density at radius 1 is 1.75 bits per heavy atom. The minimum atomic E-state index is 0.479. The van der Waals surface area contributed by atoms with Crippen molar-refractivity contribution < 1.29 is 4.18 Å². The summed E-state index contributed by atoms with van der Waals surface area (Å²) in [6, 6.07) is 0. The van der Waals surface area contributed by atoms with E-state index in [2.05, 4.69) is 6.92 Å². The van der Waals surface area contributed by atoms with Gasteiger partial charge in [-0.1, -0.05) is 6.92 Å². The molecule has 1 rings (SSSR count). The van der Waals surface area contributed by atoms with Crippen molar-refractivity contribution in [3.05, 3.63) is 0 Å². The number of hydrogen-bond acceptors (Lipinski definition) is 3. The molecule has 2 N–H and O–H groups in total. The highest BCUT2D eigenvalue weighted by Gasteiger charge is 2.37. The van der Waals surface area contributed by atoms with Gasteiger partial charge in [-0.2, -0.15) is 0 Å². The Kier molecular flexibility index (Phi) is 1.80. The molecule has 1 aliphatic rings. The summed E-state index contributed by atoms with van der Waals surface area (Å²) in [5.74, 6) is 0. The maximum absolute atomic E-state index is 5.06. The van der Waals surface area contributed by atoms with E-state index >= 15 is 0 Å². The molecule has 8 heavy (non-hydrogen) atoms. The molecule has 0 aromatic rings. The lowest BCUT2D eigenvalue weighted by atomic mass is 10.2. The zero-order valence-corrected chi connectivity index (χ0v) is 5.83. The first-order valence-electron chi connectivity index (χ1n) is 2.75. The fourth-order valence-corrected chi connectivity index (χ4v) is 0.887. The fraction of sp³-hybridized carbons (Fsp3) is 1.00. The molecule has 1 fully saturated rings. The Morgan fingerprint density at radius 2 is 2.38 bits per heavy atom. The number of nitrogens with two attached hydrogens (primary N) is 1. The van der Waals surface area contributed by atoms with E-state index in [1.165, 1.54) is 12.8 Å². The summed E-state index contributed by atoms with van der Waals surface area (Å²) in [5, 5.41) is 5.06.